The van der Waals surface area contributed by atoms with Crippen molar-refractivity contribution in [1.82, 2.24) is 15.1 Å². The van der Waals surface area contributed by atoms with Crippen LogP contribution in [-0.4, -0.2) is 28.1 Å². The molecule has 6 nitrogen and oxygen atoms in total. The fourth-order valence-electron chi connectivity index (χ4n) is 2.43. The minimum absolute atomic E-state index is 0.00308. The fourth-order valence-corrected chi connectivity index (χ4v) is 2.43. The van der Waals surface area contributed by atoms with Gasteiger partial charge < -0.3 is 10.6 Å². The minimum Gasteiger partial charge on any atom is -0.355 e. The van der Waals surface area contributed by atoms with E-state index in [9.17, 15) is 9.59 Å². The van der Waals surface area contributed by atoms with E-state index >= 15 is 0 Å². The molecule has 2 amide bonds. The number of hydrogen-bond donors (Lipinski definition) is 2. The van der Waals surface area contributed by atoms with Crippen LogP contribution in [0.5, 0.6) is 0 Å². The van der Waals surface area contributed by atoms with Crippen LogP contribution in [-0.2, 0) is 16.6 Å². The highest BCUT2D eigenvalue weighted by atomic mass is 16.2. The number of amides is 2. The maximum Gasteiger partial charge on any atom is 0.237 e. The van der Waals surface area contributed by atoms with Crippen LogP contribution in [0.2, 0.25) is 0 Å². The number of rotatable bonds is 2. The number of nitrogens with zero attached hydrogens (tertiary/aromatic N) is 2. The summed E-state index contributed by atoms with van der Waals surface area (Å²) in [6, 6.07) is 0. The molecule has 19 heavy (non-hydrogen) atoms. The Morgan fingerprint density at radius 1 is 1.53 bits per heavy atom. The number of anilines is 1. The Hall–Kier alpha value is -1.85. The van der Waals surface area contributed by atoms with Crippen LogP contribution in [0.4, 0.5) is 5.69 Å². The maximum absolute atomic E-state index is 12.3. The van der Waals surface area contributed by atoms with Crippen molar-refractivity contribution in [2.24, 2.45) is 24.3 Å². The molecule has 0 spiro atoms. The Bertz CT molecular complexity index is 501. The molecule has 0 aromatic carbocycles. The average molecular weight is 264 g/mol. The second kappa shape index (κ2) is 4.68. The summed E-state index contributed by atoms with van der Waals surface area (Å²) < 4.78 is 1.60. The second-order valence-electron chi connectivity index (χ2n) is 6.09. The summed E-state index contributed by atoms with van der Waals surface area (Å²) in [7, 11) is 1.77. The first-order valence-electron chi connectivity index (χ1n) is 6.36. The van der Waals surface area contributed by atoms with Crippen molar-refractivity contribution in [2.45, 2.75) is 20.8 Å². The van der Waals surface area contributed by atoms with Gasteiger partial charge in [0.15, 0.2) is 0 Å². The van der Waals surface area contributed by atoms with Crippen LogP contribution < -0.4 is 10.6 Å². The summed E-state index contributed by atoms with van der Waals surface area (Å²) in [6.07, 6.45) is 3.27. The van der Waals surface area contributed by atoms with E-state index in [2.05, 4.69) is 15.7 Å². The monoisotopic (exact) mass is 264 g/mol. The van der Waals surface area contributed by atoms with Crippen molar-refractivity contribution in [3.63, 3.8) is 0 Å². The molecule has 0 aliphatic carbocycles. The lowest BCUT2D eigenvalue weighted by Gasteiger charge is -2.29. The number of hydrogen-bond acceptors (Lipinski definition) is 3. The van der Waals surface area contributed by atoms with Gasteiger partial charge in [-0.1, -0.05) is 20.8 Å². The molecule has 2 N–H and O–H groups in total. The molecule has 0 unspecified atom stereocenters. The highest BCUT2D eigenvalue weighted by Crippen LogP contribution is 2.35. The number of aryl methyl sites for hydroxylation is 1. The third kappa shape index (κ3) is 2.77. The van der Waals surface area contributed by atoms with Crippen molar-refractivity contribution < 1.29 is 9.59 Å². The average Bonchev–Trinajstić information content (AvgIpc) is 2.84. The lowest BCUT2D eigenvalue weighted by molar-refractivity contribution is -0.132. The zero-order chi connectivity index (χ0) is 14.2. The first kappa shape index (κ1) is 13.6. The summed E-state index contributed by atoms with van der Waals surface area (Å²) in [5, 5.41) is 9.52. The van der Waals surface area contributed by atoms with E-state index in [1.54, 1.807) is 24.1 Å². The number of carbonyl (C=O) groups is 2. The van der Waals surface area contributed by atoms with Gasteiger partial charge in [0.1, 0.15) is 5.92 Å². The largest absolute Gasteiger partial charge is 0.355 e. The molecule has 1 fully saturated rings. The van der Waals surface area contributed by atoms with Gasteiger partial charge in [0.25, 0.3) is 0 Å². The van der Waals surface area contributed by atoms with Gasteiger partial charge in [0.05, 0.1) is 11.9 Å². The SMILES string of the molecule is Cn1cc(NC(=O)[C@@H]2C(=O)NC[C@@H]2C(C)(C)C)cn1. The zero-order valence-electron chi connectivity index (χ0n) is 11.7. The smallest absolute Gasteiger partial charge is 0.237 e. The topological polar surface area (TPSA) is 76.0 Å². The standard InChI is InChI=1S/C13H20N4O2/c1-13(2,3)9-6-14-11(18)10(9)12(19)16-8-5-15-17(4)7-8/h5,7,9-10H,6H2,1-4H3,(H,14,18)(H,16,19)/t9-,10-/m0/s1. The van der Waals surface area contributed by atoms with Gasteiger partial charge in [-0.15, -0.1) is 0 Å². The van der Waals surface area contributed by atoms with E-state index in [4.69, 9.17) is 0 Å². The normalized spacial score (nSPS) is 23.3. The molecular formula is C13H20N4O2. The van der Waals surface area contributed by atoms with Gasteiger partial charge in [-0.05, 0) is 5.41 Å². The lowest BCUT2D eigenvalue weighted by atomic mass is 9.74. The van der Waals surface area contributed by atoms with Crippen LogP contribution in [0.3, 0.4) is 0 Å². The highest BCUT2D eigenvalue weighted by Gasteiger charge is 2.45. The van der Waals surface area contributed by atoms with Crippen LogP contribution in [0.15, 0.2) is 12.4 Å². The Kier molecular flexibility index (Phi) is 3.34. The highest BCUT2D eigenvalue weighted by molar-refractivity contribution is 6.07. The van der Waals surface area contributed by atoms with E-state index in [1.165, 1.54) is 0 Å². The van der Waals surface area contributed by atoms with E-state index in [-0.39, 0.29) is 23.1 Å². The second-order valence-corrected chi connectivity index (χ2v) is 6.09. The van der Waals surface area contributed by atoms with Crippen LogP contribution >= 0.6 is 0 Å². The van der Waals surface area contributed by atoms with E-state index in [1.807, 2.05) is 20.8 Å². The summed E-state index contributed by atoms with van der Waals surface area (Å²) in [4.78, 5) is 24.2. The van der Waals surface area contributed by atoms with Gasteiger partial charge >= 0.3 is 0 Å². The summed E-state index contributed by atoms with van der Waals surface area (Å²) in [6.45, 7) is 6.68. The maximum atomic E-state index is 12.3. The van der Waals surface area contributed by atoms with Crippen molar-refractivity contribution >= 4 is 17.5 Å². The van der Waals surface area contributed by atoms with Gasteiger partial charge in [0, 0.05) is 25.7 Å². The van der Waals surface area contributed by atoms with E-state index < -0.39 is 5.92 Å². The molecule has 1 aliphatic heterocycles. The van der Waals surface area contributed by atoms with Crippen molar-refractivity contribution in [1.29, 1.82) is 0 Å². The molecular weight excluding hydrogens is 244 g/mol. The quantitative estimate of drug-likeness (QED) is 0.775. The molecule has 6 heteroatoms. The Balaban J connectivity index is 2.14. The van der Waals surface area contributed by atoms with Gasteiger partial charge in [-0.2, -0.15) is 5.10 Å². The molecule has 1 aliphatic rings. The molecule has 1 aromatic rings. The van der Waals surface area contributed by atoms with Crippen LogP contribution in [0.1, 0.15) is 20.8 Å². The molecule has 2 rings (SSSR count). The number of nitrogens with one attached hydrogen (secondary N) is 2. The minimum atomic E-state index is -0.639. The number of aromatic nitrogens is 2. The van der Waals surface area contributed by atoms with Crippen LogP contribution in [0.25, 0.3) is 0 Å². The lowest BCUT2D eigenvalue weighted by Crippen LogP contribution is -2.37. The summed E-state index contributed by atoms with van der Waals surface area (Å²) in [5.74, 6) is -1.10. The molecule has 1 aromatic heterocycles. The summed E-state index contributed by atoms with van der Waals surface area (Å²) >= 11 is 0. The Labute approximate surface area is 112 Å². The zero-order valence-corrected chi connectivity index (χ0v) is 11.7. The molecule has 2 heterocycles. The van der Waals surface area contributed by atoms with Crippen molar-refractivity contribution in [3.8, 4) is 0 Å². The summed E-state index contributed by atoms with van der Waals surface area (Å²) in [5.41, 5.74) is 0.510. The first-order chi connectivity index (χ1) is 8.79. The van der Waals surface area contributed by atoms with Crippen molar-refractivity contribution in [2.75, 3.05) is 11.9 Å². The Morgan fingerprint density at radius 3 is 2.74 bits per heavy atom. The third-order valence-electron chi connectivity index (χ3n) is 3.55. The van der Waals surface area contributed by atoms with E-state index in [0.717, 1.165) is 0 Å². The molecule has 0 radical (unpaired) electrons. The predicted molar refractivity (Wildman–Crippen MR) is 71.3 cm³/mol. The van der Waals surface area contributed by atoms with Gasteiger partial charge in [0.2, 0.25) is 11.8 Å². The van der Waals surface area contributed by atoms with Crippen LogP contribution in [0, 0.1) is 17.3 Å². The Morgan fingerprint density at radius 2 is 2.21 bits per heavy atom. The van der Waals surface area contributed by atoms with Crippen molar-refractivity contribution in [3.05, 3.63) is 12.4 Å². The third-order valence-corrected chi connectivity index (χ3v) is 3.55. The van der Waals surface area contributed by atoms with Gasteiger partial charge in [-0.3, -0.25) is 14.3 Å². The number of carbonyl (C=O) groups excluding carboxylic acids is 2. The molecule has 0 bridgehead atoms. The van der Waals surface area contributed by atoms with E-state index in [0.29, 0.717) is 12.2 Å². The first-order valence-corrected chi connectivity index (χ1v) is 6.36. The molecule has 2 atom stereocenters. The predicted octanol–water partition coefficient (Wildman–Crippen LogP) is 0.767. The molecule has 0 saturated carbocycles. The fraction of sp³-hybridized carbons (Fsp3) is 0.615. The molecule has 104 valence electrons. The van der Waals surface area contributed by atoms with Gasteiger partial charge in [-0.25, -0.2) is 0 Å². The molecule has 1 saturated heterocycles.